The second-order valence-electron chi connectivity index (χ2n) is 4.58. The Labute approximate surface area is 128 Å². The number of ether oxygens (including phenoxy) is 1. The Bertz CT molecular complexity index is 650. The van der Waals surface area contributed by atoms with Crippen molar-refractivity contribution in [2.45, 2.75) is 13.8 Å². The molecule has 3 N–H and O–H groups in total. The van der Waals surface area contributed by atoms with Gasteiger partial charge in [-0.2, -0.15) is 4.98 Å². The Morgan fingerprint density at radius 2 is 2.00 bits per heavy atom. The number of nitrogens with two attached hydrogens (primary N) is 1. The zero-order valence-electron chi connectivity index (χ0n) is 12.0. The fourth-order valence-corrected chi connectivity index (χ4v) is 1.96. The molecular formula is C15H17ClN4O. The Morgan fingerprint density at radius 3 is 2.62 bits per heavy atom. The number of aromatic nitrogens is 2. The minimum atomic E-state index is 0.303. The van der Waals surface area contributed by atoms with Gasteiger partial charge in [0.1, 0.15) is 17.8 Å². The maximum atomic E-state index is 6.14. The first-order valence-electron chi connectivity index (χ1n) is 6.42. The van der Waals surface area contributed by atoms with E-state index in [1.165, 1.54) is 6.33 Å². The van der Waals surface area contributed by atoms with Crippen LogP contribution in [0, 0.1) is 13.8 Å². The summed E-state index contributed by atoms with van der Waals surface area (Å²) >= 11 is 6.14. The van der Waals surface area contributed by atoms with Crippen molar-refractivity contribution >= 4 is 23.1 Å². The fraction of sp³-hybridized carbons (Fsp3) is 0.200. The molecule has 0 spiro atoms. The molecule has 0 unspecified atom stereocenters. The van der Waals surface area contributed by atoms with E-state index in [2.05, 4.69) is 21.9 Å². The quantitative estimate of drug-likeness (QED) is 0.824. The van der Waals surface area contributed by atoms with Gasteiger partial charge in [-0.15, -0.1) is 6.58 Å². The number of nitrogens with one attached hydrogen (secondary N) is 1. The van der Waals surface area contributed by atoms with E-state index in [1.807, 2.05) is 26.0 Å². The first kappa shape index (κ1) is 15.1. The second kappa shape index (κ2) is 6.45. The van der Waals surface area contributed by atoms with Crippen LogP contribution in [0.3, 0.4) is 0 Å². The van der Waals surface area contributed by atoms with Crippen molar-refractivity contribution in [3.63, 3.8) is 0 Å². The van der Waals surface area contributed by atoms with Crippen molar-refractivity contribution in [3.8, 4) is 11.6 Å². The van der Waals surface area contributed by atoms with Crippen LogP contribution in [0.15, 0.2) is 31.1 Å². The average molecular weight is 305 g/mol. The molecule has 1 aromatic heterocycles. The lowest BCUT2D eigenvalue weighted by Gasteiger charge is -2.12. The van der Waals surface area contributed by atoms with Gasteiger partial charge in [0, 0.05) is 11.6 Å². The highest BCUT2D eigenvalue weighted by Gasteiger charge is 2.11. The molecular weight excluding hydrogens is 288 g/mol. The van der Waals surface area contributed by atoms with Gasteiger partial charge in [-0.05, 0) is 37.1 Å². The van der Waals surface area contributed by atoms with Gasteiger partial charge in [0.05, 0.1) is 0 Å². The SMILES string of the molecule is C=CCNc1ncnc(Oc2cc(C)c(Cl)c(C)c2)c1N. The molecule has 0 saturated heterocycles. The summed E-state index contributed by atoms with van der Waals surface area (Å²) in [5, 5.41) is 3.75. The summed E-state index contributed by atoms with van der Waals surface area (Å²) in [5.41, 5.74) is 8.23. The van der Waals surface area contributed by atoms with Gasteiger partial charge < -0.3 is 15.8 Å². The second-order valence-corrected chi connectivity index (χ2v) is 4.96. The first-order valence-corrected chi connectivity index (χ1v) is 6.80. The van der Waals surface area contributed by atoms with E-state index >= 15 is 0 Å². The highest BCUT2D eigenvalue weighted by Crippen LogP contribution is 2.32. The van der Waals surface area contributed by atoms with E-state index in [1.54, 1.807) is 6.08 Å². The van der Waals surface area contributed by atoms with Crippen LogP contribution in [0.5, 0.6) is 11.6 Å². The zero-order chi connectivity index (χ0) is 15.4. The van der Waals surface area contributed by atoms with Gasteiger partial charge >= 0.3 is 0 Å². The van der Waals surface area contributed by atoms with E-state index in [0.29, 0.717) is 29.7 Å². The lowest BCUT2D eigenvalue weighted by atomic mass is 10.1. The van der Waals surface area contributed by atoms with Crippen LogP contribution in [-0.4, -0.2) is 16.5 Å². The van der Waals surface area contributed by atoms with Gasteiger partial charge in [-0.25, -0.2) is 4.98 Å². The third kappa shape index (κ3) is 3.44. The van der Waals surface area contributed by atoms with Crippen molar-refractivity contribution in [1.82, 2.24) is 9.97 Å². The Hall–Kier alpha value is -2.27. The normalized spacial score (nSPS) is 10.2. The molecule has 0 atom stereocenters. The van der Waals surface area contributed by atoms with Crippen LogP contribution in [0.2, 0.25) is 5.02 Å². The minimum Gasteiger partial charge on any atom is -0.437 e. The zero-order valence-corrected chi connectivity index (χ0v) is 12.7. The smallest absolute Gasteiger partial charge is 0.248 e. The van der Waals surface area contributed by atoms with E-state index in [4.69, 9.17) is 22.1 Å². The van der Waals surface area contributed by atoms with Crippen molar-refractivity contribution in [3.05, 3.63) is 47.3 Å². The van der Waals surface area contributed by atoms with Gasteiger partial charge in [-0.3, -0.25) is 0 Å². The highest BCUT2D eigenvalue weighted by atomic mass is 35.5. The number of hydrogen-bond donors (Lipinski definition) is 2. The van der Waals surface area contributed by atoms with E-state index in [-0.39, 0.29) is 0 Å². The largest absolute Gasteiger partial charge is 0.437 e. The molecule has 0 saturated carbocycles. The average Bonchev–Trinajstić information content (AvgIpc) is 2.45. The number of aryl methyl sites for hydroxylation is 2. The van der Waals surface area contributed by atoms with Crippen LogP contribution in [0.1, 0.15) is 11.1 Å². The van der Waals surface area contributed by atoms with Gasteiger partial charge in [0.2, 0.25) is 5.88 Å². The molecule has 2 rings (SSSR count). The molecule has 5 nitrogen and oxygen atoms in total. The number of rotatable bonds is 5. The summed E-state index contributed by atoms with van der Waals surface area (Å²) in [6.45, 7) is 8.03. The third-order valence-corrected chi connectivity index (χ3v) is 3.48. The molecule has 0 amide bonds. The van der Waals surface area contributed by atoms with Crippen LogP contribution >= 0.6 is 11.6 Å². The van der Waals surface area contributed by atoms with Crippen molar-refractivity contribution in [2.75, 3.05) is 17.6 Å². The van der Waals surface area contributed by atoms with E-state index < -0.39 is 0 Å². The molecule has 110 valence electrons. The van der Waals surface area contributed by atoms with Crippen molar-refractivity contribution in [2.24, 2.45) is 0 Å². The standard InChI is InChI=1S/C15H17ClN4O/c1-4-5-18-14-13(17)15(20-8-19-14)21-11-6-9(2)12(16)10(3)7-11/h4,6-8H,1,5,17H2,2-3H3,(H,18,19,20). The lowest BCUT2D eigenvalue weighted by Crippen LogP contribution is -2.06. The van der Waals surface area contributed by atoms with Gasteiger partial charge in [0.15, 0.2) is 5.82 Å². The molecule has 0 aliphatic rings. The molecule has 1 heterocycles. The van der Waals surface area contributed by atoms with Gasteiger partial charge in [0.25, 0.3) is 0 Å². The molecule has 0 bridgehead atoms. The van der Waals surface area contributed by atoms with Crippen LogP contribution in [0.4, 0.5) is 11.5 Å². The molecule has 1 aromatic carbocycles. The molecule has 0 aliphatic carbocycles. The summed E-state index contributed by atoms with van der Waals surface area (Å²) in [6, 6.07) is 3.68. The summed E-state index contributed by atoms with van der Waals surface area (Å²) in [5.74, 6) is 1.45. The number of nitrogens with zero attached hydrogens (tertiary/aromatic N) is 2. The summed E-state index contributed by atoms with van der Waals surface area (Å²) in [4.78, 5) is 8.14. The molecule has 6 heteroatoms. The molecule has 0 fully saturated rings. The lowest BCUT2D eigenvalue weighted by molar-refractivity contribution is 0.464. The predicted molar refractivity (Wildman–Crippen MR) is 86.1 cm³/mol. The van der Waals surface area contributed by atoms with E-state index in [9.17, 15) is 0 Å². The topological polar surface area (TPSA) is 73.1 Å². The maximum Gasteiger partial charge on any atom is 0.248 e. The number of nitrogen functional groups attached to an aromatic ring is 1. The molecule has 2 aromatic rings. The van der Waals surface area contributed by atoms with Crippen LogP contribution in [0.25, 0.3) is 0 Å². The fourth-order valence-electron chi connectivity index (χ4n) is 1.85. The Balaban J connectivity index is 2.29. The minimum absolute atomic E-state index is 0.303. The Kier molecular flexibility index (Phi) is 4.65. The van der Waals surface area contributed by atoms with Crippen LogP contribution < -0.4 is 15.8 Å². The van der Waals surface area contributed by atoms with Crippen molar-refractivity contribution in [1.29, 1.82) is 0 Å². The number of halogens is 1. The number of anilines is 2. The van der Waals surface area contributed by atoms with Crippen LogP contribution in [-0.2, 0) is 0 Å². The molecule has 0 aliphatic heterocycles. The first-order chi connectivity index (χ1) is 10.0. The summed E-state index contributed by atoms with van der Waals surface area (Å²) in [6.07, 6.45) is 3.11. The summed E-state index contributed by atoms with van der Waals surface area (Å²) in [7, 11) is 0. The van der Waals surface area contributed by atoms with Crippen molar-refractivity contribution < 1.29 is 4.74 Å². The van der Waals surface area contributed by atoms with E-state index in [0.717, 1.165) is 16.1 Å². The summed E-state index contributed by atoms with van der Waals surface area (Å²) < 4.78 is 5.75. The number of hydrogen-bond acceptors (Lipinski definition) is 5. The monoisotopic (exact) mass is 304 g/mol. The number of benzene rings is 1. The highest BCUT2D eigenvalue weighted by molar-refractivity contribution is 6.32. The predicted octanol–water partition coefficient (Wildman–Crippen LogP) is 3.72. The maximum absolute atomic E-state index is 6.14. The Morgan fingerprint density at radius 1 is 1.33 bits per heavy atom. The third-order valence-electron chi connectivity index (χ3n) is 2.89. The molecule has 21 heavy (non-hydrogen) atoms. The molecule has 0 radical (unpaired) electrons. The van der Waals surface area contributed by atoms with Gasteiger partial charge in [-0.1, -0.05) is 17.7 Å².